The molecule has 0 unspecified atom stereocenters. The van der Waals surface area contributed by atoms with Crippen LogP contribution in [0.4, 0.5) is 0 Å². The first-order chi connectivity index (χ1) is 15.6. The van der Waals surface area contributed by atoms with Crippen LogP contribution in [-0.4, -0.2) is 43.3 Å². The summed E-state index contributed by atoms with van der Waals surface area (Å²) in [5, 5.41) is 16.6. The van der Waals surface area contributed by atoms with Crippen molar-refractivity contribution >= 4 is 38.8 Å². The van der Waals surface area contributed by atoms with Crippen LogP contribution in [0, 0.1) is 0 Å². The molecular weight excluding hydrogens is 428 g/mol. The number of methoxy groups -OCH3 is 2. The second-order valence-electron chi connectivity index (χ2n) is 7.06. The lowest BCUT2D eigenvalue weighted by Gasteiger charge is -2.09. The number of nitrogens with one attached hydrogen (secondary N) is 1. The summed E-state index contributed by atoms with van der Waals surface area (Å²) in [5.41, 5.74) is 4.67. The fourth-order valence-corrected chi connectivity index (χ4v) is 4.24. The number of rotatable bonds is 11. The maximum Gasteiger partial charge on any atom is 0.240 e. The predicted octanol–water partition coefficient (Wildman–Crippen LogP) is 4.17. The molecule has 0 radical (unpaired) electrons. The number of nitrogens with zero attached hydrogens (tertiary/aromatic N) is 1. The number of hydrogen-bond acceptors (Lipinski definition) is 7. The van der Waals surface area contributed by atoms with Gasteiger partial charge in [-0.1, -0.05) is 18.2 Å². The number of carbonyl (C=O) groups is 2. The van der Waals surface area contributed by atoms with Crippen molar-refractivity contribution in [2.45, 2.75) is 25.7 Å². The van der Waals surface area contributed by atoms with Gasteiger partial charge in [0.25, 0.3) is 0 Å². The minimum atomic E-state index is -0.347. The van der Waals surface area contributed by atoms with Gasteiger partial charge in [0.2, 0.25) is 5.91 Å². The molecule has 3 rings (SSSR count). The number of fused-ring (bicyclic) bond motifs is 1. The molecule has 1 heterocycles. The number of carbonyl (C=O) groups excluding carboxylic acids is 2. The quantitative estimate of drug-likeness (QED) is 0.257. The predicted molar refractivity (Wildman–Crippen MR) is 126 cm³/mol. The van der Waals surface area contributed by atoms with Crippen molar-refractivity contribution in [1.82, 2.24) is 5.43 Å². The smallest absolute Gasteiger partial charge is 0.240 e. The van der Waals surface area contributed by atoms with E-state index >= 15 is 0 Å². The van der Waals surface area contributed by atoms with Crippen molar-refractivity contribution in [2.75, 3.05) is 20.8 Å². The normalized spacial score (nSPS) is 11.4. The molecule has 3 aromatic rings. The Bertz CT molecular complexity index is 1120. The van der Waals surface area contributed by atoms with Gasteiger partial charge in [0.1, 0.15) is 0 Å². The van der Waals surface area contributed by atoms with E-state index in [9.17, 15) is 14.7 Å². The second kappa shape index (κ2) is 11.4. The van der Waals surface area contributed by atoms with Gasteiger partial charge in [-0.05, 0) is 37.1 Å². The molecule has 2 N–H and O–H groups in total. The lowest BCUT2D eigenvalue weighted by Crippen LogP contribution is -2.21. The van der Waals surface area contributed by atoms with Gasteiger partial charge in [0, 0.05) is 46.0 Å². The van der Waals surface area contributed by atoms with Crippen LogP contribution in [0.1, 0.15) is 41.6 Å². The van der Waals surface area contributed by atoms with Crippen molar-refractivity contribution in [3.05, 3.63) is 59.0 Å². The highest BCUT2D eigenvalue weighted by Crippen LogP contribution is 2.28. The Morgan fingerprint density at radius 2 is 1.81 bits per heavy atom. The van der Waals surface area contributed by atoms with Gasteiger partial charge in [-0.2, -0.15) is 5.10 Å². The molecule has 168 valence electrons. The number of aliphatic hydroxyl groups is 1. The van der Waals surface area contributed by atoms with Crippen molar-refractivity contribution in [1.29, 1.82) is 0 Å². The molecule has 0 saturated carbocycles. The number of thiophene rings is 1. The third-order valence-corrected chi connectivity index (χ3v) is 5.93. The van der Waals surface area contributed by atoms with Gasteiger partial charge in [-0.25, -0.2) is 5.43 Å². The summed E-state index contributed by atoms with van der Waals surface area (Å²) in [6.07, 6.45) is 1.12. The first-order valence-electron chi connectivity index (χ1n) is 10.3. The highest BCUT2D eigenvalue weighted by Gasteiger charge is 2.14. The highest BCUT2D eigenvalue weighted by molar-refractivity contribution is 7.17. The number of Topliss-reactive ketones (excluding diaryl/α,β-unsaturated/α-hetero) is 1. The number of benzene rings is 2. The summed E-state index contributed by atoms with van der Waals surface area (Å²) < 4.78 is 11.5. The van der Waals surface area contributed by atoms with Gasteiger partial charge in [-0.3, -0.25) is 9.59 Å². The molecule has 2 aromatic carbocycles. The molecule has 0 saturated heterocycles. The minimum absolute atomic E-state index is 0.00828. The van der Waals surface area contributed by atoms with Gasteiger partial charge >= 0.3 is 0 Å². The topological polar surface area (TPSA) is 97.2 Å². The van der Waals surface area contributed by atoms with E-state index in [0.29, 0.717) is 35.6 Å². The first kappa shape index (κ1) is 23.4. The molecule has 1 amide bonds. The SMILES string of the molecule is COc1ccc(C(=O)CCC(=O)N/N=C(\CCCO)c2csc3ccccc23)cc1OC. The largest absolute Gasteiger partial charge is 0.493 e. The monoisotopic (exact) mass is 454 g/mol. The maximum atomic E-state index is 12.5. The van der Waals surface area contributed by atoms with Gasteiger partial charge in [0.05, 0.1) is 19.9 Å². The van der Waals surface area contributed by atoms with Crippen LogP contribution in [-0.2, 0) is 4.79 Å². The van der Waals surface area contributed by atoms with E-state index < -0.39 is 0 Å². The zero-order valence-corrected chi connectivity index (χ0v) is 18.9. The molecule has 0 aliphatic heterocycles. The summed E-state index contributed by atoms with van der Waals surface area (Å²) in [7, 11) is 3.03. The van der Waals surface area contributed by atoms with Crippen LogP contribution in [0.2, 0.25) is 0 Å². The molecule has 0 aliphatic rings. The Kier molecular flexibility index (Phi) is 8.35. The Morgan fingerprint density at radius 3 is 2.56 bits per heavy atom. The third-order valence-electron chi connectivity index (χ3n) is 4.96. The van der Waals surface area contributed by atoms with Gasteiger partial charge < -0.3 is 14.6 Å². The fraction of sp³-hybridized carbons (Fsp3) is 0.292. The second-order valence-corrected chi connectivity index (χ2v) is 7.97. The summed E-state index contributed by atoms with van der Waals surface area (Å²) in [4.78, 5) is 24.8. The van der Waals surface area contributed by atoms with Crippen LogP contribution >= 0.6 is 11.3 Å². The lowest BCUT2D eigenvalue weighted by atomic mass is 10.0. The van der Waals surface area contributed by atoms with E-state index in [4.69, 9.17) is 9.47 Å². The number of ether oxygens (including phenoxy) is 2. The third kappa shape index (κ3) is 5.72. The molecule has 0 spiro atoms. The molecule has 7 nitrogen and oxygen atoms in total. The van der Waals surface area contributed by atoms with Crippen LogP contribution in [0.25, 0.3) is 10.1 Å². The standard InChI is InChI=1S/C24H26N2O5S/c1-30-21-11-9-16(14-22(21)31-2)20(28)10-12-24(29)26-25-19(7-5-13-27)18-15-32-23-8-4-3-6-17(18)23/h3-4,6,8-9,11,14-15,27H,5,7,10,12-13H2,1-2H3,(H,26,29)/b25-19+. The molecule has 32 heavy (non-hydrogen) atoms. The molecule has 0 atom stereocenters. The van der Waals surface area contributed by atoms with E-state index in [0.717, 1.165) is 15.6 Å². The Morgan fingerprint density at radius 1 is 1.03 bits per heavy atom. The Hall–Kier alpha value is -3.23. The van der Waals surface area contributed by atoms with Crippen molar-refractivity contribution in [2.24, 2.45) is 5.10 Å². The fourth-order valence-electron chi connectivity index (χ4n) is 3.27. The molecule has 1 aromatic heterocycles. The average molecular weight is 455 g/mol. The molecule has 0 aliphatic carbocycles. The zero-order chi connectivity index (χ0) is 22.9. The van der Waals surface area contributed by atoms with Crippen LogP contribution < -0.4 is 14.9 Å². The van der Waals surface area contributed by atoms with Gasteiger partial charge in [-0.15, -0.1) is 11.3 Å². The van der Waals surface area contributed by atoms with Crippen LogP contribution in [0.5, 0.6) is 11.5 Å². The van der Waals surface area contributed by atoms with E-state index in [2.05, 4.69) is 10.5 Å². The number of ketones is 1. The molecular formula is C24H26N2O5S. The summed E-state index contributed by atoms with van der Waals surface area (Å²) in [5.74, 6) is 0.477. The van der Waals surface area contributed by atoms with Crippen molar-refractivity contribution < 1.29 is 24.2 Å². The van der Waals surface area contributed by atoms with E-state index in [1.807, 2.05) is 29.6 Å². The summed E-state index contributed by atoms with van der Waals surface area (Å²) >= 11 is 1.61. The molecule has 8 heteroatoms. The Labute approximate surface area is 190 Å². The van der Waals surface area contributed by atoms with Crippen molar-refractivity contribution in [3.63, 3.8) is 0 Å². The first-order valence-corrected chi connectivity index (χ1v) is 11.1. The molecule has 0 fully saturated rings. The number of hydrogen-bond donors (Lipinski definition) is 2. The number of hydrazone groups is 1. The van der Waals surface area contributed by atoms with E-state index in [1.165, 1.54) is 14.2 Å². The number of amides is 1. The average Bonchev–Trinajstić information content (AvgIpc) is 3.26. The summed E-state index contributed by atoms with van der Waals surface area (Å²) in [6.45, 7) is 0.0366. The summed E-state index contributed by atoms with van der Waals surface area (Å²) in [6, 6.07) is 12.9. The zero-order valence-electron chi connectivity index (χ0n) is 18.1. The Balaban J connectivity index is 1.65. The maximum absolute atomic E-state index is 12.5. The van der Waals surface area contributed by atoms with Crippen LogP contribution in [0.3, 0.4) is 0 Å². The van der Waals surface area contributed by atoms with Crippen molar-refractivity contribution in [3.8, 4) is 11.5 Å². The molecule has 0 bridgehead atoms. The highest BCUT2D eigenvalue weighted by atomic mass is 32.1. The van der Waals surface area contributed by atoms with Gasteiger partial charge in [0.15, 0.2) is 17.3 Å². The van der Waals surface area contributed by atoms with E-state index in [1.54, 1.807) is 29.5 Å². The number of aliphatic hydroxyl groups excluding tert-OH is 1. The minimum Gasteiger partial charge on any atom is -0.493 e. The van der Waals surface area contributed by atoms with Crippen LogP contribution in [0.15, 0.2) is 52.9 Å². The lowest BCUT2D eigenvalue weighted by molar-refractivity contribution is -0.121. The van der Waals surface area contributed by atoms with E-state index in [-0.39, 0.29) is 31.1 Å².